The van der Waals surface area contributed by atoms with Crippen LogP contribution in [-0.4, -0.2) is 31.3 Å². The molecule has 1 aromatic carbocycles. The van der Waals surface area contributed by atoms with Crippen LogP contribution in [0.15, 0.2) is 18.2 Å². The molecule has 1 aliphatic heterocycles. The second-order valence-electron chi connectivity index (χ2n) is 4.69. The maximum Gasteiger partial charge on any atom is 0.260 e. The first-order chi connectivity index (χ1) is 9.58. The summed E-state index contributed by atoms with van der Waals surface area (Å²) in [6.45, 7) is 2.95. The van der Waals surface area contributed by atoms with Crippen LogP contribution in [0.25, 0.3) is 0 Å². The third-order valence-electron chi connectivity index (χ3n) is 3.12. The van der Waals surface area contributed by atoms with Crippen LogP contribution in [0.2, 0.25) is 10.0 Å². The highest BCUT2D eigenvalue weighted by molar-refractivity contribution is 6.42. The minimum Gasteiger partial charge on any atom is -0.479 e. The van der Waals surface area contributed by atoms with E-state index in [0.717, 1.165) is 19.4 Å². The molecule has 0 aliphatic carbocycles. The molecule has 1 aromatic rings. The van der Waals surface area contributed by atoms with Gasteiger partial charge in [-0.3, -0.25) is 4.79 Å². The Bertz CT molecular complexity index is 475. The molecule has 0 spiro atoms. The van der Waals surface area contributed by atoms with E-state index in [1.165, 1.54) is 0 Å². The smallest absolute Gasteiger partial charge is 0.260 e. The van der Waals surface area contributed by atoms with Gasteiger partial charge in [0.25, 0.3) is 5.91 Å². The van der Waals surface area contributed by atoms with Crippen LogP contribution in [0.1, 0.15) is 19.8 Å². The average molecular weight is 318 g/mol. The third kappa shape index (κ3) is 4.01. The maximum atomic E-state index is 11.9. The van der Waals surface area contributed by atoms with E-state index in [9.17, 15) is 4.79 Å². The molecule has 0 aromatic heterocycles. The normalized spacial score (nSPS) is 19.6. The average Bonchev–Trinajstić information content (AvgIpc) is 2.94. The summed E-state index contributed by atoms with van der Waals surface area (Å²) < 4.78 is 11.0. The quantitative estimate of drug-likeness (QED) is 0.908. The second kappa shape index (κ2) is 7.16. The van der Waals surface area contributed by atoms with Crippen molar-refractivity contribution in [2.45, 2.75) is 32.0 Å². The first-order valence-corrected chi connectivity index (χ1v) is 7.33. The summed E-state index contributed by atoms with van der Waals surface area (Å²) in [6.07, 6.45) is 1.49. The molecular formula is C14H17Cl2NO3. The van der Waals surface area contributed by atoms with E-state index in [1.807, 2.05) is 0 Å². The summed E-state index contributed by atoms with van der Waals surface area (Å²) in [5.41, 5.74) is 0. The largest absolute Gasteiger partial charge is 0.479 e. The number of carbonyl (C=O) groups is 1. The lowest BCUT2D eigenvalue weighted by molar-refractivity contribution is -0.127. The SMILES string of the molecule is CC(Oc1cccc(Cl)c1Cl)C(=O)NCC1CCCO1. The standard InChI is InChI=1S/C14H17Cl2NO3/c1-9(14(18)17-8-10-4-3-7-19-10)20-12-6-2-5-11(15)13(12)16/h2,5-6,9-10H,3-4,7-8H2,1H3,(H,17,18). The van der Waals surface area contributed by atoms with Gasteiger partial charge in [0.2, 0.25) is 0 Å². The Morgan fingerprint density at radius 3 is 3.05 bits per heavy atom. The van der Waals surface area contributed by atoms with Crippen LogP contribution in [0.4, 0.5) is 0 Å². The van der Waals surface area contributed by atoms with Crippen molar-refractivity contribution in [1.82, 2.24) is 5.32 Å². The van der Waals surface area contributed by atoms with Crippen molar-refractivity contribution in [2.75, 3.05) is 13.2 Å². The van der Waals surface area contributed by atoms with Gasteiger partial charge < -0.3 is 14.8 Å². The van der Waals surface area contributed by atoms with Gasteiger partial charge in [0.05, 0.1) is 11.1 Å². The van der Waals surface area contributed by atoms with Gasteiger partial charge >= 0.3 is 0 Å². The van der Waals surface area contributed by atoms with Crippen LogP contribution in [-0.2, 0) is 9.53 Å². The molecule has 110 valence electrons. The molecule has 1 heterocycles. The molecule has 1 saturated heterocycles. The van der Waals surface area contributed by atoms with Gasteiger partial charge in [-0.1, -0.05) is 29.3 Å². The van der Waals surface area contributed by atoms with E-state index in [4.69, 9.17) is 32.7 Å². The van der Waals surface area contributed by atoms with E-state index in [-0.39, 0.29) is 12.0 Å². The molecule has 1 N–H and O–H groups in total. The first kappa shape index (κ1) is 15.4. The molecule has 6 heteroatoms. The molecule has 0 bridgehead atoms. The van der Waals surface area contributed by atoms with Crippen LogP contribution in [0.5, 0.6) is 5.75 Å². The Balaban J connectivity index is 1.85. The molecule has 1 aliphatic rings. The monoisotopic (exact) mass is 317 g/mol. The van der Waals surface area contributed by atoms with E-state index in [0.29, 0.717) is 22.3 Å². The predicted octanol–water partition coefficient (Wildman–Crippen LogP) is 3.06. The topological polar surface area (TPSA) is 47.6 Å². The van der Waals surface area contributed by atoms with Crippen LogP contribution in [0, 0.1) is 0 Å². The minimum atomic E-state index is -0.646. The molecule has 0 saturated carbocycles. The van der Waals surface area contributed by atoms with E-state index in [2.05, 4.69) is 5.32 Å². The number of ether oxygens (including phenoxy) is 2. The fraction of sp³-hybridized carbons (Fsp3) is 0.500. The molecule has 20 heavy (non-hydrogen) atoms. The van der Waals surface area contributed by atoms with E-state index in [1.54, 1.807) is 25.1 Å². The number of amides is 1. The molecule has 4 nitrogen and oxygen atoms in total. The van der Waals surface area contributed by atoms with Crippen molar-refractivity contribution < 1.29 is 14.3 Å². The van der Waals surface area contributed by atoms with Crippen LogP contribution in [0.3, 0.4) is 0 Å². The number of benzene rings is 1. The Kier molecular flexibility index (Phi) is 5.52. The van der Waals surface area contributed by atoms with Crippen molar-refractivity contribution in [3.63, 3.8) is 0 Å². The number of hydrogen-bond acceptors (Lipinski definition) is 3. The van der Waals surface area contributed by atoms with Crippen molar-refractivity contribution in [2.24, 2.45) is 0 Å². The predicted molar refractivity (Wildman–Crippen MR) is 78.5 cm³/mol. The number of rotatable bonds is 5. The number of carbonyl (C=O) groups excluding carboxylic acids is 1. The summed E-state index contributed by atoms with van der Waals surface area (Å²) in [4.78, 5) is 11.9. The van der Waals surface area contributed by atoms with Gasteiger partial charge in [-0.25, -0.2) is 0 Å². The minimum absolute atomic E-state index is 0.112. The molecule has 1 amide bonds. The Hall–Kier alpha value is -0.970. The Morgan fingerprint density at radius 1 is 1.55 bits per heavy atom. The summed E-state index contributed by atoms with van der Waals surface area (Å²) in [5, 5.41) is 3.53. The van der Waals surface area contributed by atoms with Crippen LogP contribution >= 0.6 is 23.2 Å². The van der Waals surface area contributed by atoms with Crippen molar-refractivity contribution in [1.29, 1.82) is 0 Å². The van der Waals surface area contributed by atoms with Gasteiger partial charge in [0, 0.05) is 13.2 Å². The second-order valence-corrected chi connectivity index (χ2v) is 5.48. The molecule has 1 fully saturated rings. The lowest BCUT2D eigenvalue weighted by atomic mass is 10.2. The molecule has 0 radical (unpaired) electrons. The highest BCUT2D eigenvalue weighted by Crippen LogP contribution is 2.32. The summed E-state index contributed by atoms with van der Waals surface area (Å²) in [6, 6.07) is 5.07. The van der Waals surface area contributed by atoms with Gasteiger partial charge in [-0.2, -0.15) is 0 Å². The fourth-order valence-electron chi connectivity index (χ4n) is 1.98. The summed E-state index contributed by atoms with van der Waals surface area (Å²) >= 11 is 11.9. The summed E-state index contributed by atoms with van der Waals surface area (Å²) in [5.74, 6) is 0.204. The Labute approximate surface area is 128 Å². The van der Waals surface area contributed by atoms with Gasteiger partial charge in [-0.05, 0) is 31.9 Å². The van der Waals surface area contributed by atoms with Gasteiger partial charge in [0.1, 0.15) is 10.8 Å². The Morgan fingerprint density at radius 2 is 2.35 bits per heavy atom. The van der Waals surface area contributed by atoms with Crippen molar-refractivity contribution in [3.8, 4) is 5.75 Å². The maximum absolute atomic E-state index is 11.9. The molecule has 2 atom stereocenters. The van der Waals surface area contributed by atoms with E-state index >= 15 is 0 Å². The lowest BCUT2D eigenvalue weighted by Crippen LogP contribution is -2.40. The number of halogens is 2. The zero-order chi connectivity index (χ0) is 14.5. The number of nitrogens with one attached hydrogen (secondary N) is 1. The molecule has 2 rings (SSSR count). The van der Waals surface area contributed by atoms with Gasteiger partial charge in [-0.15, -0.1) is 0 Å². The summed E-state index contributed by atoms with van der Waals surface area (Å²) in [7, 11) is 0. The van der Waals surface area contributed by atoms with Crippen LogP contribution < -0.4 is 10.1 Å². The highest BCUT2D eigenvalue weighted by Gasteiger charge is 2.20. The van der Waals surface area contributed by atoms with E-state index < -0.39 is 6.10 Å². The fourth-order valence-corrected chi connectivity index (χ4v) is 2.32. The molecular weight excluding hydrogens is 301 g/mol. The zero-order valence-corrected chi connectivity index (χ0v) is 12.7. The highest BCUT2D eigenvalue weighted by atomic mass is 35.5. The molecule has 2 unspecified atom stereocenters. The zero-order valence-electron chi connectivity index (χ0n) is 11.2. The third-order valence-corrected chi connectivity index (χ3v) is 3.92. The van der Waals surface area contributed by atoms with Crippen molar-refractivity contribution >= 4 is 29.1 Å². The number of hydrogen-bond donors (Lipinski definition) is 1. The van der Waals surface area contributed by atoms with Crippen molar-refractivity contribution in [3.05, 3.63) is 28.2 Å². The first-order valence-electron chi connectivity index (χ1n) is 6.58. The lowest BCUT2D eigenvalue weighted by Gasteiger charge is -2.17. The van der Waals surface area contributed by atoms with Gasteiger partial charge in [0.15, 0.2) is 6.10 Å².